The summed E-state index contributed by atoms with van der Waals surface area (Å²) in [5, 5.41) is 4.42. The predicted molar refractivity (Wildman–Crippen MR) is 82.5 cm³/mol. The summed E-state index contributed by atoms with van der Waals surface area (Å²) in [4.78, 5) is 17.2. The summed E-state index contributed by atoms with van der Waals surface area (Å²) in [5.41, 5.74) is 0.621. The number of hydrogen-bond donors (Lipinski definition) is 0. The fourth-order valence-corrected chi connectivity index (χ4v) is 2.51. The smallest absolute Gasteiger partial charge is 0.261 e. The Morgan fingerprint density at radius 1 is 1.24 bits per heavy atom. The summed E-state index contributed by atoms with van der Waals surface area (Å²) < 4.78 is 3.42. The normalized spacial score (nSPS) is 12.7. The number of fused-ring (bicyclic) bond motifs is 1. The Balaban J connectivity index is 2.08. The highest BCUT2D eigenvalue weighted by Gasteiger charge is 2.14. The average Bonchev–Trinajstić information content (AvgIpc) is 2.99. The van der Waals surface area contributed by atoms with E-state index in [1.165, 1.54) is 0 Å². The van der Waals surface area contributed by atoms with E-state index in [0.29, 0.717) is 29.8 Å². The van der Waals surface area contributed by atoms with E-state index >= 15 is 0 Å². The Bertz CT molecular complexity index is 808. The van der Waals surface area contributed by atoms with E-state index in [1.54, 1.807) is 21.5 Å². The van der Waals surface area contributed by atoms with Crippen molar-refractivity contribution in [2.45, 2.75) is 25.4 Å². The summed E-state index contributed by atoms with van der Waals surface area (Å²) in [6.45, 7) is 2.91. The molecule has 2 aromatic heterocycles. The number of aryl methyl sites for hydroxylation is 1. The van der Waals surface area contributed by atoms with Gasteiger partial charge in [-0.1, -0.05) is 12.1 Å². The molecule has 1 aromatic carbocycles. The molecule has 21 heavy (non-hydrogen) atoms. The fourth-order valence-electron chi connectivity index (χ4n) is 2.34. The number of rotatable bonds is 4. The van der Waals surface area contributed by atoms with Crippen LogP contribution in [0.2, 0.25) is 0 Å². The lowest BCUT2D eigenvalue weighted by Gasteiger charge is -2.14. The third kappa shape index (κ3) is 2.69. The molecule has 0 aliphatic heterocycles. The maximum Gasteiger partial charge on any atom is 0.261 e. The van der Waals surface area contributed by atoms with Crippen LogP contribution >= 0.6 is 11.6 Å². The molecule has 5 nitrogen and oxygen atoms in total. The van der Waals surface area contributed by atoms with Crippen molar-refractivity contribution in [1.82, 2.24) is 19.3 Å². The van der Waals surface area contributed by atoms with Crippen LogP contribution in [0.5, 0.6) is 0 Å². The van der Waals surface area contributed by atoms with E-state index < -0.39 is 0 Å². The number of benzene rings is 1. The molecule has 1 atom stereocenters. The molecule has 2 heterocycles. The fraction of sp³-hybridized carbons (Fsp3) is 0.267. The molecule has 0 radical (unpaired) electrons. The van der Waals surface area contributed by atoms with Gasteiger partial charge in [0.2, 0.25) is 0 Å². The highest BCUT2D eigenvalue weighted by atomic mass is 35.5. The summed E-state index contributed by atoms with van der Waals surface area (Å²) in [7, 11) is 0. The number of halogens is 1. The molecule has 0 bridgehead atoms. The predicted octanol–water partition coefficient (Wildman–Crippen LogP) is 2.59. The van der Waals surface area contributed by atoms with Crippen LogP contribution in [-0.4, -0.2) is 19.3 Å². The SMILES string of the molecule is CC(Cl)c1nc2ccccc2c(=O)n1CCn1cccn1. The topological polar surface area (TPSA) is 52.7 Å². The largest absolute Gasteiger partial charge is 0.293 e. The van der Waals surface area contributed by atoms with E-state index in [0.717, 1.165) is 0 Å². The minimum Gasteiger partial charge on any atom is -0.293 e. The van der Waals surface area contributed by atoms with Gasteiger partial charge in [-0.25, -0.2) is 4.98 Å². The first kappa shape index (κ1) is 13.8. The molecule has 0 aliphatic rings. The van der Waals surface area contributed by atoms with Crippen LogP contribution in [-0.2, 0) is 13.1 Å². The molecule has 3 rings (SSSR count). The molecule has 0 amide bonds. The quantitative estimate of drug-likeness (QED) is 0.696. The van der Waals surface area contributed by atoms with Gasteiger partial charge >= 0.3 is 0 Å². The van der Waals surface area contributed by atoms with Crippen LogP contribution < -0.4 is 5.56 Å². The zero-order valence-corrected chi connectivity index (χ0v) is 12.4. The van der Waals surface area contributed by atoms with Crippen LogP contribution in [0.25, 0.3) is 10.9 Å². The van der Waals surface area contributed by atoms with Crippen molar-refractivity contribution in [1.29, 1.82) is 0 Å². The van der Waals surface area contributed by atoms with Crippen LogP contribution in [0.15, 0.2) is 47.5 Å². The van der Waals surface area contributed by atoms with E-state index in [9.17, 15) is 4.79 Å². The Labute approximate surface area is 126 Å². The van der Waals surface area contributed by atoms with Gasteiger partial charge < -0.3 is 0 Å². The molecule has 0 N–H and O–H groups in total. The van der Waals surface area contributed by atoms with Gasteiger partial charge in [0.05, 0.1) is 22.8 Å². The Morgan fingerprint density at radius 3 is 2.76 bits per heavy atom. The Kier molecular flexibility index (Phi) is 3.75. The van der Waals surface area contributed by atoms with Crippen molar-refractivity contribution in [3.05, 3.63) is 58.9 Å². The van der Waals surface area contributed by atoms with Gasteiger partial charge in [-0.2, -0.15) is 5.10 Å². The second-order valence-electron chi connectivity index (χ2n) is 4.83. The van der Waals surface area contributed by atoms with Crippen molar-refractivity contribution in [3.63, 3.8) is 0 Å². The Hall–Kier alpha value is -2.14. The molecule has 0 fully saturated rings. The summed E-state index contributed by atoms with van der Waals surface area (Å²) in [5.74, 6) is 0.590. The molecular weight excluding hydrogens is 288 g/mol. The summed E-state index contributed by atoms with van der Waals surface area (Å²) in [6.07, 6.45) is 3.58. The zero-order chi connectivity index (χ0) is 14.8. The number of hydrogen-bond acceptors (Lipinski definition) is 3. The van der Waals surface area contributed by atoms with Gasteiger partial charge in [-0.15, -0.1) is 11.6 Å². The summed E-state index contributed by atoms with van der Waals surface area (Å²) in [6, 6.07) is 9.18. The maximum atomic E-state index is 12.6. The first-order chi connectivity index (χ1) is 10.2. The van der Waals surface area contributed by atoms with Gasteiger partial charge in [0.15, 0.2) is 0 Å². The monoisotopic (exact) mass is 302 g/mol. The van der Waals surface area contributed by atoms with Gasteiger partial charge in [-0.3, -0.25) is 14.0 Å². The highest BCUT2D eigenvalue weighted by molar-refractivity contribution is 6.20. The molecule has 1 unspecified atom stereocenters. The van der Waals surface area contributed by atoms with Crippen molar-refractivity contribution in [2.24, 2.45) is 0 Å². The van der Waals surface area contributed by atoms with E-state index in [1.807, 2.05) is 37.4 Å². The van der Waals surface area contributed by atoms with E-state index in [4.69, 9.17) is 11.6 Å². The first-order valence-electron chi connectivity index (χ1n) is 6.78. The molecule has 3 aromatic rings. The lowest BCUT2D eigenvalue weighted by Crippen LogP contribution is -2.27. The number of nitrogens with zero attached hydrogens (tertiary/aromatic N) is 4. The van der Waals surface area contributed by atoms with Gasteiger partial charge in [0, 0.05) is 18.9 Å². The third-order valence-electron chi connectivity index (χ3n) is 3.36. The van der Waals surface area contributed by atoms with Crippen molar-refractivity contribution < 1.29 is 0 Å². The van der Waals surface area contributed by atoms with Gasteiger partial charge in [0.1, 0.15) is 5.82 Å². The standard InChI is InChI=1S/C15H15ClN4O/c1-11(16)14-18-13-6-3-2-5-12(13)15(21)20(14)10-9-19-8-4-7-17-19/h2-8,11H,9-10H2,1H3. The van der Waals surface area contributed by atoms with Crippen LogP contribution in [0.3, 0.4) is 0 Å². The molecule has 0 aliphatic carbocycles. The average molecular weight is 303 g/mol. The second kappa shape index (κ2) is 5.69. The van der Waals surface area contributed by atoms with Crippen molar-refractivity contribution >= 4 is 22.5 Å². The van der Waals surface area contributed by atoms with Crippen LogP contribution in [0, 0.1) is 0 Å². The lowest BCUT2D eigenvalue weighted by molar-refractivity contribution is 0.505. The second-order valence-corrected chi connectivity index (χ2v) is 5.48. The first-order valence-corrected chi connectivity index (χ1v) is 7.21. The van der Waals surface area contributed by atoms with Crippen molar-refractivity contribution in [2.75, 3.05) is 0 Å². The van der Waals surface area contributed by atoms with Crippen LogP contribution in [0.4, 0.5) is 0 Å². The summed E-state index contributed by atoms with van der Waals surface area (Å²) >= 11 is 6.20. The Morgan fingerprint density at radius 2 is 2.05 bits per heavy atom. The maximum absolute atomic E-state index is 12.6. The molecule has 6 heteroatoms. The number of para-hydroxylation sites is 1. The lowest BCUT2D eigenvalue weighted by atomic mass is 10.2. The van der Waals surface area contributed by atoms with Gasteiger partial charge in [0.25, 0.3) is 5.56 Å². The molecule has 0 saturated carbocycles. The minimum absolute atomic E-state index is 0.0599. The molecule has 108 valence electrons. The molecule has 0 saturated heterocycles. The van der Waals surface area contributed by atoms with Crippen molar-refractivity contribution in [3.8, 4) is 0 Å². The van der Waals surface area contributed by atoms with Crippen LogP contribution in [0.1, 0.15) is 18.1 Å². The highest BCUT2D eigenvalue weighted by Crippen LogP contribution is 2.18. The third-order valence-corrected chi connectivity index (χ3v) is 3.55. The number of alkyl halides is 1. The minimum atomic E-state index is -0.333. The molecule has 0 spiro atoms. The van der Waals surface area contributed by atoms with E-state index in [-0.39, 0.29) is 10.9 Å². The molecular formula is C15H15ClN4O. The van der Waals surface area contributed by atoms with Gasteiger partial charge in [-0.05, 0) is 25.1 Å². The number of aromatic nitrogens is 4. The zero-order valence-electron chi connectivity index (χ0n) is 11.6. The van der Waals surface area contributed by atoms with E-state index in [2.05, 4.69) is 10.1 Å².